The molecule has 0 saturated carbocycles. The molecule has 1 aromatic heterocycles. The molecule has 1 N–H and O–H groups in total. The van der Waals surface area contributed by atoms with E-state index in [9.17, 15) is 4.79 Å². The van der Waals surface area contributed by atoms with Crippen LogP contribution in [-0.2, 0) is 11.2 Å². The lowest BCUT2D eigenvalue weighted by Crippen LogP contribution is -2.34. The Morgan fingerprint density at radius 1 is 1.38 bits per heavy atom. The van der Waals surface area contributed by atoms with Gasteiger partial charge in [0.05, 0.1) is 10.6 Å². The van der Waals surface area contributed by atoms with Gasteiger partial charge in [-0.15, -0.1) is 11.3 Å². The van der Waals surface area contributed by atoms with Gasteiger partial charge in [-0.3, -0.25) is 4.79 Å². The molecule has 0 aliphatic heterocycles. The normalized spacial score (nSPS) is 12.8. The monoisotopic (exact) mass is 364 g/mol. The molecule has 0 saturated heterocycles. The molecule has 0 bridgehead atoms. The lowest BCUT2D eigenvalue weighted by Gasteiger charge is -2.15. The molecule has 6 heteroatoms. The average molecular weight is 365 g/mol. The summed E-state index contributed by atoms with van der Waals surface area (Å²) in [6.07, 6.45) is 0.339. The number of nitrogens with one attached hydrogen (secondary N) is 1. The molecule has 0 fully saturated rings. The Balaban J connectivity index is 1.96. The van der Waals surface area contributed by atoms with Crippen molar-refractivity contribution in [1.29, 1.82) is 0 Å². The fourth-order valence-corrected chi connectivity index (χ4v) is 3.16. The Labute approximate surface area is 151 Å². The molecule has 1 heterocycles. The zero-order valence-electron chi connectivity index (χ0n) is 14.2. The first-order chi connectivity index (χ1) is 11.4. The van der Waals surface area contributed by atoms with E-state index < -0.39 is 6.10 Å². The maximum atomic E-state index is 12.2. The number of amides is 1. The fraction of sp³-hybridized carbons (Fsp3) is 0.333. The van der Waals surface area contributed by atoms with Crippen LogP contribution in [0, 0.1) is 6.92 Å². The van der Waals surface area contributed by atoms with Gasteiger partial charge in [0.15, 0.2) is 6.10 Å². The lowest BCUT2D eigenvalue weighted by molar-refractivity contribution is -0.127. The molecule has 2 aromatic rings. The van der Waals surface area contributed by atoms with Crippen molar-refractivity contribution in [3.8, 4) is 5.75 Å². The minimum Gasteiger partial charge on any atom is -0.481 e. The highest BCUT2D eigenvalue weighted by atomic mass is 35.5. The molecule has 1 atom stereocenters. The molecule has 0 radical (unpaired) electrons. The third kappa shape index (κ3) is 4.82. The summed E-state index contributed by atoms with van der Waals surface area (Å²) in [5, 5.41) is 4.81. The molecular formula is C18H21ClN2O2S. The van der Waals surface area contributed by atoms with E-state index in [2.05, 4.69) is 23.5 Å². The van der Waals surface area contributed by atoms with E-state index in [0.717, 1.165) is 22.6 Å². The molecule has 0 aliphatic carbocycles. The van der Waals surface area contributed by atoms with Crippen molar-refractivity contribution in [3.05, 3.63) is 50.7 Å². The van der Waals surface area contributed by atoms with Gasteiger partial charge in [-0.05, 0) is 63.1 Å². The number of thiophene rings is 1. The van der Waals surface area contributed by atoms with Crippen LogP contribution in [0.3, 0.4) is 0 Å². The van der Waals surface area contributed by atoms with E-state index in [1.807, 2.05) is 19.9 Å². The molecule has 0 aliphatic rings. The number of carbonyl (C=O) groups is 1. The van der Waals surface area contributed by atoms with Crippen molar-refractivity contribution in [2.75, 3.05) is 0 Å². The number of nitrogens with zero attached hydrogens (tertiary/aromatic N) is 1. The number of rotatable bonds is 6. The Bertz CT molecular complexity index is 755. The SMILES string of the molecule is CCc1ccc(C(C)=NNC(=O)[C@@H](C)Oc2ccc(Cl)cc2C)s1. The molecule has 2 rings (SSSR count). The van der Waals surface area contributed by atoms with Gasteiger partial charge in [0.1, 0.15) is 5.75 Å². The minimum atomic E-state index is -0.657. The van der Waals surface area contributed by atoms with Crippen LogP contribution in [0.15, 0.2) is 35.4 Å². The number of hydrogen-bond acceptors (Lipinski definition) is 4. The van der Waals surface area contributed by atoms with E-state index in [-0.39, 0.29) is 5.91 Å². The fourth-order valence-electron chi connectivity index (χ4n) is 2.04. The van der Waals surface area contributed by atoms with Gasteiger partial charge in [0, 0.05) is 9.90 Å². The molecule has 128 valence electrons. The number of benzene rings is 1. The highest BCUT2D eigenvalue weighted by Crippen LogP contribution is 2.23. The summed E-state index contributed by atoms with van der Waals surface area (Å²) in [5.41, 5.74) is 4.23. The summed E-state index contributed by atoms with van der Waals surface area (Å²) < 4.78 is 5.68. The van der Waals surface area contributed by atoms with Gasteiger partial charge in [-0.2, -0.15) is 5.10 Å². The van der Waals surface area contributed by atoms with Gasteiger partial charge in [0.25, 0.3) is 5.91 Å². The summed E-state index contributed by atoms with van der Waals surface area (Å²) in [6.45, 7) is 7.56. The van der Waals surface area contributed by atoms with E-state index >= 15 is 0 Å². The number of carbonyl (C=O) groups excluding carboxylic acids is 1. The van der Waals surface area contributed by atoms with Crippen LogP contribution in [0.2, 0.25) is 5.02 Å². The van der Waals surface area contributed by atoms with Crippen molar-refractivity contribution in [3.63, 3.8) is 0 Å². The number of ether oxygens (including phenoxy) is 1. The smallest absolute Gasteiger partial charge is 0.280 e. The third-order valence-electron chi connectivity index (χ3n) is 3.51. The van der Waals surface area contributed by atoms with Gasteiger partial charge in [-0.25, -0.2) is 5.43 Å². The van der Waals surface area contributed by atoms with Crippen LogP contribution >= 0.6 is 22.9 Å². The second-order valence-corrected chi connectivity index (χ2v) is 7.07. The second kappa shape index (κ2) is 8.31. The Hall–Kier alpha value is -1.85. The summed E-state index contributed by atoms with van der Waals surface area (Å²) in [5.74, 6) is 0.338. The van der Waals surface area contributed by atoms with E-state index in [1.54, 1.807) is 36.5 Å². The predicted octanol–water partition coefficient (Wildman–Crippen LogP) is 4.58. The molecule has 0 unspecified atom stereocenters. The first-order valence-corrected chi connectivity index (χ1v) is 8.96. The first-order valence-electron chi connectivity index (χ1n) is 7.76. The molecule has 1 amide bonds. The number of hydrazone groups is 1. The highest BCUT2D eigenvalue weighted by molar-refractivity contribution is 7.14. The van der Waals surface area contributed by atoms with Crippen molar-refractivity contribution >= 4 is 34.6 Å². The maximum absolute atomic E-state index is 12.2. The Kier molecular flexibility index (Phi) is 6.40. The zero-order chi connectivity index (χ0) is 17.7. The van der Waals surface area contributed by atoms with Crippen molar-refractivity contribution in [2.45, 2.75) is 40.2 Å². The predicted molar refractivity (Wildman–Crippen MR) is 100 cm³/mol. The van der Waals surface area contributed by atoms with Gasteiger partial charge >= 0.3 is 0 Å². The Morgan fingerprint density at radius 3 is 2.75 bits per heavy atom. The second-order valence-electron chi connectivity index (χ2n) is 5.46. The van der Waals surface area contributed by atoms with Gasteiger partial charge in [-0.1, -0.05) is 18.5 Å². The minimum absolute atomic E-state index is 0.295. The van der Waals surface area contributed by atoms with E-state index in [1.165, 1.54) is 4.88 Å². The molecule has 24 heavy (non-hydrogen) atoms. The lowest BCUT2D eigenvalue weighted by atomic mass is 10.2. The van der Waals surface area contributed by atoms with Gasteiger partial charge < -0.3 is 4.74 Å². The quantitative estimate of drug-likeness (QED) is 0.602. The topological polar surface area (TPSA) is 50.7 Å². The Morgan fingerprint density at radius 2 is 2.12 bits per heavy atom. The summed E-state index contributed by atoms with van der Waals surface area (Å²) >= 11 is 7.60. The molecular weight excluding hydrogens is 344 g/mol. The standard InChI is InChI=1S/C18H21ClN2O2S/c1-5-15-7-9-17(24-15)12(3)20-21-18(22)13(4)23-16-8-6-14(19)10-11(16)2/h6-10,13H,5H2,1-4H3,(H,21,22)/t13-/m1/s1. The molecule has 4 nitrogen and oxygen atoms in total. The van der Waals surface area contributed by atoms with E-state index in [4.69, 9.17) is 16.3 Å². The number of halogens is 1. The average Bonchev–Trinajstić information content (AvgIpc) is 3.04. The highest BCUT2D eigenvalue weighted by Gasteiger charge is 2.15. The largest absolute Gasteiger partial charge is 0.481 e. The van der Waals surface area contributed by atoms with Crippen LogP contribution in [0.5, 0.6) is 5.75 Å². The van der Waals surface area contributed by atoms with Crippen LogP contribution in [0.1, 0.15) is 36.1 Å². The molecule has 0 spiro atoms. The van der Waals surface area contributed by atoms with Crippen LogP contribution in [0.25, 0.3) is 0 Å². The zero-order valence-corrected chi connectivity index (χ0v) is 15.8. The summed E-state index contributed by atoms with van der Waals surface area (Å²) in [7, 11) is 0. The van der Waals surface area contributed by atoms with Crippen molar-refractivity contribution in [2.24, 2.45) is 5.10 Å². The van der Waals surface area contributed by atoms with Crippen molar-refractivity contribution < 1.29 is 9.53 Å². The van der Waals surface area contributed by atoms with E-state index in [0.29, 0.717) is 10.8 Å². The number of aryl methyl sites for hydroxylation is 2. The number of hydrogen-bond donors (Lipinski definition) is 1. The van der Waals surface area contributed by atoms with Gasteiger partial charge in [0.2, 0.25) is 0 Å². The maximum Gasteiger partial charge on any atom is 0.280 e. The summed E-state index contributed by atoms with van der Waals surface area (Å²) in [4.78, 5) is 14.5. The first kappa shape index (κ1) is 18.5. The summed E-state index contributed by atoms with van der Waals surface area (Å²) in [6, 6.07) is 9.39. The van der Waals surface area contributed by atoms with Crippen LogP contribution in [0.4, 0.5) is 0 Å². The van der Waals surface area contributed by atoms with Crippen LogP contribution in [-0.4, -0.2) is 17.7 Å². The molecule has 1 aromatic carbocycles. The van der Waals surface area contributed by atoms with Crippen molar-refractivity contribution in [1.82, 2.24) is 5.43 Å². The third-order valence-corrected chi connectivity index (χ3v) is 5.08. The van der Waals surface area contributed by atoms with Crippen LogP contribution < -0.4 is 10.2 Å².